The Labute approximate surface area is 82.5 Å². The molecule has 0 aliphatic rings. The Morgan fingerprint density at radius 1 is 1.42 bits per heavy atom. The van der Waals surface area contributed by atoms with Crippen molar-refractivity contribution in [3.8, 4) is 10.8 Å². The van der Waals surface area contributed by atoms with E-state index >= 15 is 0 Å². The molecule has 12 heavy (non-hydrogen) atoms. The normalized spacial score (nSPS) is 10.1. The summed E-state index contributed by atoms with van der Waals surface area (Å²) in [6, 6.07) is 3.64. The van der Waals surface area contributed by atoms with Crippen molar-refractivity contribution in [1.82, 2.24) is 4.37 Å². The van der Waals surface area contributed by atoms with Crippen molar-refractivity contribution in [2.24, 2.45) is 0 Å². The summed E-state index contributed by atoms with van der Waals surface area (Å²) in [6.45, 7) is 0. The quantitative estimate of drug-likeness (QED) is 0.766. The van der Waals surface area contributed by atoms with Gasteiger partial charge < -0.3 is 4.74 Å². The van der Waals surface area contributed by atoms with Gasteiger partial charge in [-0.1, -0.05) is 22.9 Å². The molecule has 0 bridgehead atoms. The number of hydrogen-bond donors (Lipinski definition) is 0. The molecule has 0 aromatic carbocycles. The van der Waals surface area contributed by atoms with Crippen molar-refractivity contribution in [2.45, 2.75) is 0 Å². The minimum absolute atomic E-state index is 0.730. The first-order valence-electron chi connectivity index (χ1n) is 3.17. The monoisotopic (exact) mass is 217 g/mol. The predicted molar refractivity (Wildman–Crippen MR) is 51.5 cm³/mol. The minimum atomic E-state index is 0.730. The Hall–Kier alpha value is -0.580. The first-order chi connectivity index (χ1) is 5.84. The molecule has 0 atom stereocenters. The molecule has 0 unspecified atom stereocenters. The van der Waals surface area contributed by atoms with Gasteiger partial charge in [0.05, 0.1) is 15.9 Å². The van der Waals surface area contributed by atoms with Gasteiger partial charge in [-0.25, -0.2) is 0 Å². The average Bonchev–Trinajstić information content (AvgIpc) is 2.63. The van der Waals surface area contributed by atoms with Crippen LogP contribution in [0, 0.1) is 0 Å². The molecule has 0 spiro atoms. The summed E-state index contributed by atoms with van der Waals surface area (Å²) < 4.78 is 10.1. The second-order valence-corrected chi connectivity index (χ2v) is 4.36. The van der Waals surface area contributed by atoms with Gasteiger partial charge in [-0.15, -0.1) is 0 Å². The maximum atomic E-state index is 5.73. The Balaban J connectivity index is 2.14. The molecule has 0 fully saturated rings. The number of rotatable bonds is 2. The summed E-state index contributed by atoms with van der Waals surface area (Å²) in [5.41, 5.74) is 0. The van der Waals surface area contributed by atoms with E-state index in [4.69, 9.17) is 16.3 Å². The smallest absolute Gasteiger partial charge is 0.182 e. The van der Waals surface area contributed by atoms with Crippen LogP contribution in [-0.4, -0.2) is 4.37 Å². The molecular weight excluding hydrogens is 214 g/mol. The van der Waals surface area contributed by atoms with E-state index in [1.807, 2.05) is 11.4 Å². The molecule has 5 heteroatoms. The number of ether oxygens (including phenoxy) is 1. The molecule has 0 saturated carbocycles. The average molecular weight is 218 g/mol. The van der Waals surface area contributed by atoms with Gasteiger partial charge in [-0.2, -0.15) is 4.37 Å². The third kappa shape index (κ3) is 1.77. The lowest BCUT2D eigenvalue weighted by atomic mass is 10.6. The minimum Gasteiger partial charge on any atom is -0.444 e. The van der Waals surface area contributed by atoms with Crippen molar-refractivity contribution < 1.29 is 4.74 Å². The van der Waals surface area contributed by atoms with E-state index in [9.17, 15) is 0 Å². The van der Waals surface area contributed by atoms with E-state index in [1.54, 1.807) is 12.3 Å². The molecule has 0 N–H and O–H groups in total. The van der Waals surface area contributed by atoms with E-state index in [0.29, 0.717) is 0 Å². The van der Waals surface area contributed by atoms with Crippen LogP contribution in [0.5, 0.6) is 10.8 Å². The first-order valence-corrected chi connectivity index (χ1v) is 5.20. The molecule has 2 aromatic heterocycles. The molecule has 0 aliphatic carbocycles. The highest BCUT2D eigenvalue weighted by atomic mass is 35.5. The summed E-state index contributed by atoms with van der Waals surface area (Å²) >= 11 is 8.49. The maximum Gasteiger partial charge on any atom is 0.182 e. The zero-order chi connectivity index (χ0) is 8.39. The van der Waals surface area contributed by atoms with Crippen LogP contribution in [-0.2, 0) is 0 Å². The van der Waals surface area contributed by atoms with Crippen LogP contribution < -0.4 is 4.74 Å². The lowest BCUT2D eigenvalue weighted by molar-refractivity contribution is 0.498. The number of hydrogen-bond acceptors (Lipinski definition) is 4. The number of thiophene rings is 1. The van der Waals surface area contributed by atoms with Crippen LogP contribution in [0.4, 0.5) is 0 Å². The fourth-order valence-electron chi connectivity index (χ4n) is 0.714. The number of nitrogens with zero attached hydrogens (tertiary/aromatic N) is 1. The number of aromatic nitrogens is 1. The van der Waals surface area contributed by atoms with Gasteiger partial charge in [-0.3, -0.25) is 0 Å². The van der Waals surface area contributed by atoms with E-state index in [-0.39, 0.29) is 0 Å². The molecule has 0 amide bonds. The largest absolute Gasteiger partial charge is 0.444 e. The van der Waals surface area contributed by atoms with E-state index in [0.717, 1.165) is 15.1 Å². The Bertz CT molecular complexity index is 357. The van der Waals surface area contributed by atoms with E-state index < -0.39 is 0 Å². The molecule has 0 saturated heterocycles. The molecular formula is C7H4ClNOS2. The number of halogens is 1. The van der Waals surface area contributed by atoms with Crippen molar-refractivity contribution in [3.05, 3.63) is 28.0 Å². The van der Waals surface area contributed by atoms with E-state index in [2.05, 4.69) is 4.37 Å². The van der Waals surface area contributed by atoms with Crippen LogP contribution in [0.2, 0.25) is 4.34 Å². The highest BCUT2D eigenvalue weighted by Crippen LogP contribution is 2.32. The molecule has 2 heterocycles. The molecule has 2 rings (SSSR count). The van der Waals surface area contributed by atoms with Crippen molar-refractivity contribution in [3.63, 3.8) is 0 Å². The van der Waals surface area contributed by atoms with Crippen LogP contribution in [0.15, 0.2) is 23.7 Å². The second kappa shape index (κ2) is 3.43. The SMILES string of the molecule is Clc1ccc(Oc2cnsc2)s1. The first kappa shape index (κ1) is 8.04. The van der Waals surface area contributed by atoms with Crippen molar-refractivity contribution in [2.75, 3.05) is 0 Å². The highest BCUT2D eigenvalue weighted by molar-refractivity contribution is 7.17. The van der Waals surface area contributed by atoms with Gasteiger partial charge in [0.15, 0.2) is 10.8 Å². The van der Waals surface area contributed by atoms with Gasteiger partial charge in [0, 0.05) is 0 Å². The van der Waals surface area contributed by atoms with Gasteiger partial charge in [0.25, 0.3) is 0 Å². The fourth-order valence-corrected chi connectivity index (χ4v) is 2.05. The topological polar surface area (TPSA) is 22.1 Å². The predicted octanol–water partition coefficient (Wildman–Crippen LogP) is 3.65. The third-order valence-corrected chi connectivity index (χ3v) is 2.85. The lowest BCUT2D eigenvalue weighted by Gasteiger charge is -1.95. The zero-order valence-corrected chi connectivity index (χ0v) is 8.25. The molecule has 2 aromatic rings. The van der Waals surface area contributed by atoms with Crippen LogP contribution in [0.25, 0.3) is 0 Å². The van der Waals surface area contributed by atoms with Gasteiger partial charge in [-0.05, 0) is 23.7 Å². The van der Waals surface area contributed by atoms with Crippen LogP contribution in [0.3, 0.4) is 0 Å². The Kier molecular flexibility index (Phi) is 2.30. The van der Waals surface area contributed by atoms with Gasteiger partial charge in [0.2, 0.25) is 0 Å². The van der Waals surface area contributed by atoms with Crippen molar-refractivity contribution >= 4 is 34.5 Å². The maximum absolute atomic E-state index is 5.73. The molecule has 0 radical (unpaired) electrons. The summed E-state index contributed by atoms with van der Waals surface area (Å²) in [4.78, 5) is 0. The summed E-state index contributed by atoms with van der Waals surface area (Å²) in [6.07, 6.45) is 1.68. The summed E-state index contributed by atoms with van der Waals surface area (Å²) in [5, 5.41) is 2.63. The second-order valence-electron chi connectivity index (χ2n) is 2.02. The molecule has 2 nitrogen and oxygen atoms in total. The van der Waals surface area contributed by atoms with Gasteiger partial charge >= 0.3 is 0 Å². The Morgan fingerprint density at radius 3 is 2.92 bits per heavy atom. The summed E-state index contributed by atoms with van der Waals surface area (Å²) in [7, 11) is 0. The van der Waals surface area contributed by atoms with Crippen LogP contribution >= 0.6 is 34.5 Å². The lowest BCUT2D eigenvalue weighted by Crippen LogP contribution is -1.74. The zero-order valence-electron chi connectivity index (χ0n) is 5.86. The molecule has 62 valence electrons. The Morgan fingerprint density at radius 2 is 2.33 bits per heavy atom. The van der Waals surface area contributed by atoms with E-state index in [1.165, 1.54) is 22.9 Å². The third-order valence-electron chi connectivity index (χ3n) is 1.18. The standard InChI is InChI=1S/C7H4ClNOS2/c8-6-1-2-7(12-6)10-5-3-9-11-4-5/h1-4H. The fraction of sp³-hybridized carbons (Fsp3) is 0. The highest BCUT2D eigenvalue weighted by Gasteiger charge is 2.00. The van der Waals surface area contributed by atoms with Gasteiger partial charge in [0.1, 0.15) is 0 Å². The summed E-state index contributed by atoms with van der Waals surface area (Å²) in [5.74, 6) is 0.763. The molecule has 0 aliphatic heterocycles. The van der Waals surface area contributed by atoms with Crippen molar-refractivity contribution in [1.29, 1.82) is 0 Å². The van der Waals surface area contributed by atoms with Crippen LogP contribution in [0.1, 0.15) is 0 Å².